The summed E-state index contributed by atoms with van der Waals surface area (Å²) in [6.07, 6.45) is 5.69. The molecule has 2 N–H and O–H groups in total. The number of sulfonamides is 1. The molecule has 0 radical (unpaired) electrons. The number of aryl methyl sites for hydroxylation is 1. The number of aromatic nitrogens is 2. The minimum atomic E-state index is -3.77. The van der Waals surface area contributed by atoms with Crippen molar-refractivity contribution >= 4 is 15.7 Å². The van der Waals surface area contributed by atoms with Gasteiger partial charge in [-0.2, -0.15) is 0 Å². The summed E-state index contributed by atoms with van der Waals surface area (Å²) >= 11 is 0. The van der Waals surface area contributed by atoms with Crippen molar-refractivity contribution in [3.8, 4) is 11.8 Å². The molecule has 2 aromatic heterocycles. The van der Waals surface area contributed by atoms with Crippen molar-refractivity contribution in [2.75, 3.05) is 11.3 Å². The number of aliphatic hydroxyl groups excluding tert-OH is 1. The Balaban J connectivity index is 2.34. The van der Waals surface area contributed by atoms with Crippen LogP contribution in [0.25, 0.3) is 0 Å². The Morgan fingerprint density at radius 2 is 2.10 bits per heavy atom. The van der Waals surface area contributed by atoms with E-state index in [1.165, 1.54) is 24.7 Å². The minimum absolute atomic E-state index is 0.00417. The van der Waals surface area contributed by atoms with Crippen LogP contribution in [-0.4, -0.2) is 30.1 Å². The van der Waals surface area contributed by atoms with Crippen molar-refractivity contribution in [2.45, 2.75) is 11.8 Å². The second-order valence-corrected chi connectivity index (χ2v) is 5.85. The fraction of sp³-hybridized carbons (Fsp3) is 0.143. The summed E-state index contributed by atoms with van der Waals surface area (Å²) in [5.74, 6) is 5.06. The van der Waals surface area contributed by atoms with Gasteiger partial charge < -0.3 is 5.11 Å². The van der Waals surface area contributed by atoms with Gasteiger partial charge in [0.05, 0.1) is 11.9 Å². The Hall–Kier alpha value is -2.43. The van der Waals surface area contributed by atoms with Crippen LogP contribution in [-0.2, 0) is 10.0 Å². The lowest BCUT2D eigenvalue weighted by atomic mass is 10.3. The monoisotopic (exact) mass is 303 g/mol. The fourth-order valence-corrected chi connectivity index (χ4v) is 2.65. The molecule has 0 aliphatic rings. The van der Waals surface area contributed by atoms with E-state index in [1.807, 2.05) is 0 Å². The predicted octanol–water partition coefficient (Wildman–Crippen LogP) is 0.930. The summed E-state index contributed by atoms with van der Waals surface area (Å²) in [5.41, 5.74) is 1.58. The van der Waals surface area contributed by atoms with Crippen LogP contribution in [0.2, 0.25) is 0 Å². The third-order valence-electron chi connectivity index (χ3n) is 2.62. The molecule has 0 amide bonds. The van der Waals surface area contributed by atoms with Crippen molar-refractivity contribution in [1.82, 2.24) is 9.97 Å². The topological polar surface area (TPSA) is 92.2 Å². The van der Waals surface area contributed by atoms with E-state index < -0.39 is 10.0 Å². The van der Waals surface area contributed by atoms with Crippen LogP contribution in [0.1, 0.15) is 11.1 Å². The van der Waals surface area contributed by atoms with Crippen LogP contribution in [0, 0.1) is 18.8 Å². The molecule has 0 saturated carbocycles. The molecule has 0 unspecified atom stereocenters. The molecule has 0 fully saturated rings. The van der Waals surface area contributed by atoms with Gasteiger partial charge >= 0.3 is 0 Å². The van der Waals surface area contributed by atoms with Crippen molar-refractivity contribution in [3.05, 3.63) is 48.0 Å². The van der Waals surface area contributed by atoms with E-state index in [4.69, 9.17) is 5.11 Å². The molecule has 2 heterocycles. The highest BCUT2D eigenvalue weighted by Gasteiger charge is 2.16. The maximum absolute atomic E-state index is 12.3. The number of anilines is 1. The maximum Gasteiger partial charge on any atom is 0.263 e. The zero-order valence-corrected chi connectivity index (χ0v) is 12.1. The zero-order chi connectivity index (χ0) is 15.3. The molecule has 0 aliphatic carbocycles. The standard InChI is InChI=1S/C14H13N3O3S/c1-11-4-5-15-10-14(11)17-21(19,20)13-7-12(3-2-6-18)8-16-9-13/h4-5,7-10,17-18H,6H2,1H3. The molecule has 0 atom stereocenters. The van der Waals surface area contributed by atoms with Crippen LogP contribution in [0.15, 0.2) is 41.8 Å². The highest BCUT2D eigenvalue weighted by molar-refractivity contribution is 7.92. The summed E-state index contributed by atoms with van der Waals surface area (Å²) in [5, 5.41) is 8.65. The Kier molecular flexibility index (Phi) is 4.52. The second kappa shape index (κ2) is 6.35. The number of hydrogen-bond acceptors (Lipinski definition) is 5. The van der Waals surface area contributed by atoms with Gasteiger partial charge in [-0.3, -0.25) is 14.7 Å². The van der Waals surface area contributed by atoms with Gasteiger partial charge in [-0.05, 0) is 24.6 Å². The molecule has 0 saturated heterocycles. The molecule has 108 valence electrons. The van der Waals surface area contributed by atoms with E-state index in [-0.39, 0.29) is 11.5 Å². The highest BCUT2D eigenvalue weighted by Crippen LogP contribution is 2.18. The molecule has 0 bridgehead atoms. The molecular formula is C14H13N3O3S. The van der Waals surface area contributed by atoms with Gasteiger partial charge in [-0.1, -0.05) is 11.8 Å². The van der Waals surface area contributed by atoms with E-state index in [2.05, 4.69) is 26.5 Å². The molecule has 2 rings (SSSR count). The van der Waals surface area contributed by atoms with Gasteiger partial charge in [0, 0.05) is 24.2 Å². The molecule has 21 heavy (non-hydrogen) atoms. The van der Waals surface area contributed by atoms with Gasteiger partial charge in [0.15, 0.2) is 0 Å². The van der Waals surface area contributed by atoms with Crippen LogP contribution in [0.4, 0.5) is 5.69 Å². The average molecular weight is 303 g/mol. The normalized spacial score (nSPS) is 10.6. The van der Waals surface area contributed by atoms with E-state index in [9.17, 15) is 8.42 Å². The SMILES string of the molecule is Cc1ccncc1NS(=O)(=O)c1cncc(C#CCO)c1. The number of aliphatic hydroxyl groups is 1. The summed E-state index contributed by atoms with van der Waals surface area (Å²) in [6.45, 7) is 1.48. The Morgan fingerprint density at radius 1 is 1.29 bits per heavy atom. The van der Waals surface area contributed by atoms with Gasteiger partial charge in [0.2, 0.25) is 0 Å². The van der Waals surface area contributed by atoms with Crippen LogP contribution >= 0.6 is 0 Å². The number of pyridine rings is 2. The summed E-state index contributed by atoms with van der Waals surface area (Å²) < 4.78 is 27.1. The first-order valence-corrected chi connectivity index (χ1v) is 7.49. The molecule has 2 aromatic rings. The fourth-order valence-electron chi connectivity index (χ4n) is 1.55. The molecule has 6 nitrogen and oxygen atoms in total. The molecule has 0 spiro atoms. The highest BCUT2D eigenvalue weighted by atomic mass is 32.2. The number of nitrogens with one attached hydrogen (secondary N) is 1. The van der Waals surface area contributed by atoms with Crippen molar-refractivity contribution in [2.24, 2.45) is 0 Å². The summed E-state index contributed by atoms with van der Waals surface area (Å²) in [6, 6.07) is 3.10. The third-order valence-corrected chi connectivity index (χ3v) is 3.95. The molecule has 7 heteroatoms. The van der Waals surface area contributed by atoms with E-state index in [0.29, 0.717) is 11.3 Å². The van der Waals surface area contributed by atoms with Crippen LogP contribution in [0.5, 0.6) is 0 Å². The van der Waals surface area contributed by atoms with Crippen molar-refractivity contribution in [3.63, 3.8) is 0 Å². The van der Waals surface area contributed by atoms with Gasteiger partial charge in [-0.25, -0.2) is 8.42 Å². The van der Waals surface area contributed by atoms with Gasteiger partial charge in [0.25, 0.3) is 10.0 Å². The molecule has 0 aliphatic heterocycles. The molecular weight excluding hydrogens is 290 g/mol. The lowest BCUT2D eigenvalue weighted by Gasteiger charge is -2.09. The number of nitrogens with zero attached hydrogens (tertiary/aromatic N) is 2. The van der Waals surface area contributed by atoms with Crippen LogP contribution < -0.4 is 4.72 Å². The largest absolute Gasteiger partial charge is 0.384 e. The first-order chi connectivity index (χ1) is 10.0. The minimum Gasteiger partial charge on any atom is -0.384 e. The summed E-state index contributed by atoms with van der Waals surface area (Å²) in [4.78, 5) is 7.73. The number of hydrogen-bond donors (Lipinski definition) is 2. The quantitative estimate of drug-likeness (QED) is 0.823. The first-order valence-electron chi connectivity index (χ1n) is 6.01. The third kappa shape index (κ3) is 3.78. The maximum atomic E-state index is 12.3. The second-order valence-electron chi connectivity index (χ2n) is 4.17. The smallest absolute Gasteiger partial charge is 0.263 e. The van der Waals surface area contributed by atoms with E-state index in [0.717, 1.165) is 5.56 Å². The van der Waals surface area contributed by atoms with Gasteiger partial charge in [-0.15, -0.1) is 0 Å². The Bertz CT molecular complexity index is 807. The zero-order valence-electron chi connectivity index (χ0n) is 11.2. The molecule has 0 aromatic carbocycles. The van der Waals surface area contributed by atoms with Crippen LogP contribution in [0.3, 0.4) is 0 Å². The average Bonchev–Trinajstić information content (AvgIpc) is 2.48. The predicted molar refractivity (Wildman–Crippen MR) is 78.0 cm³/mol. The Labute approximate surface area is 122 Å². The van der Waals surface area contributed by atoms with E-state index >= 15 is 0 Å². The van der Waals surface area contributed by atoms with Crippen molar-refractivity contribution < 1.29 is 13.5 Å². The van der Waals surface area contributed by atoms with Gasteiger partial charge in [0.1, 0.15) is 11.5 Å². The lowest BCUT2D eigenvalue weighted by molar-refractivity contribution is 0.350. The lowest BCUT2D eigenvalue weighted by Crippen LogP contribution is -2.14. The van der Waals surface area contributed by atoms with E-state index in [1.54, 1.807) is 19.2 Å². The van der Waals surface area contributed by atoms with Crippen molar-refractivity contribution in [1.29, 1.82) is 0 Å². The first kappa shape index (κ1) is 15.0. The Morgan fingerprint density at radius 3 is 2.81 bits per heavy atom. The number of rotatable bonds is 3. The summed E-state index contributed by atoms with van der Waals surface area (Å²) in [7, 11) is -3.77.